The molecule has 1 heterocycles. The molecule has 1 aromatic carbocycles. The van der Waals surface area contributed by atoms with Gasteiger partial charge in [0.1, 0.15) is 5.75 Å². The minimum absolute atomic E-state index is 0.284. The summed E-state index contributed by atoms with van der Waals surface area (Å²) in [5, 5.41) is 2.77. The quantitative estimate of drug-likeness (QED) is 0.503. The van der Waals surface area contributed by atoms with Crippen molar-refractivity contribution in [3.63, 3.8) is 0 Å². The summed E-state index contributed by atoms with van der Waals surface area (Å²) in [6, 6.07) is 4.52. The van der Waals surface area contributed by atoms with E-state index in [9.17, 15) is 14.4 Å². The van der Waals surface area contributed by atoms with E-state index in [0.29, 0.717) is 17.0 Å². The van der Waals surface area contributed by atoms with Crippen molar-refractivity contribution < 1.29 is 33.3 Å². The van der Waals surface area contributed by atoms with Gasteiger partial charge in [-0.1, -0.05) is 0 Å². The number of hydrogen-bond donors (Lipinski definition) is 1. The zero-order valence-corrected chi connectivity index (χ0v) is 13.7. The van der Waals surface area contributed by atoms with E-state index >= 15 is 0 Å². The SMILES string of the molecule is COC(=O)c1ccc(NC=C2C(=O)OC(C)(C)OC2=O)c(OC)c1. The lowest BCUT2D eigenvalue weighted by molar-refractivity contribution is -0.222. The molecule has 1 N–H and O–H groups in total. The molecule has 2 rings (SSSR count). The summed E-state index contributed by atoms with van der Waals surface area (Å²) in [5.41, 5.74) is 0.447. The second kappa shape index (κ2) is 6.61. The number of esters is 3. The van der Waals surface area contributed by atoms with E-state index in [1.165, 1.54) is 40.2 Å². The van der Waals surface area contributed by atoms with Crippen LogP contribution in [0, 0.1) is 0 Å². The summed E-state index contributed by atoms with van der Waals surface area (Å²) >= 11 is 0. The summed E-state index contributed by atoms with van der Waals surface area (Å²) in [6.07, 6.45) is 1.16. The van der Waals surface area contributed by atoms with Crippen LogP contribution in [0.1, 0.15) is 24.2 Å². The van der Waals surface area contributed by atoms with Crippen molar-refractivity contribution in [2.75, 3.05) is 19.5 Å². The first-order chi connectivity index (χ1) is 11.3. The smallest absolute Gasteiger partial charge is 0.350 e. The monoisotopic (exact) mass is 335 g/mol. The van der Waals surface area contributed by atoms with Gasteiger partial charge in [-0.15, -0.1) is 0 Å². The molecule has 1 aromatic rings. The third kappa shape index (κ3) is 3.65. The van der Waals surface area contributed by atoms with Crippen molar-refractivity contribution in [1.82, 2.24) is 0 Å². The number of hydrogen-bond acceptors (Lipinski definition) is 8. The van der Waals surface area contributed by atoms with Crippen molar-refractivity contribution >= 4 is 23.6 Å². The molecule has 8 nitrogen and oxygen atoms in total. The molecule has 1 aliphatic heterocycles. The molecule has 8 heteroatoms. The van der Waals surface area contributed by atoms with Gasteiger partial charge in [0.15, 0.2) is 5.57 Å². The average Bonchev–Trinajstić information content (AvgIpc) is 2.52. The number of benzene rings is 1. The number of ether oxygens (including phenoxy) is 4. The molecule has 0 aromatic heterocycles. The van der Waals surface area contributed by atoms with E-state index in [-0.39, 0.29) is 5.57 Å². The zero-order valence-electron chi connectivity index (χ0n) is 13.7. The fraction of sp³-hybridized carbons (Fsp3) is 0.312. The molecule has 0 atom stereocenters. The first-order valence-corrected chi connectivity index (χ1v) is 6.97. The minimum atomic E-state index is -1.30. The molecule has 0 aliphatic carbocycles. The lowest BCUT2D eigenvalue weighted by atomic mass is 10.2. The maximum atomic E-state index is 11.9. The number of methoxy groups -OCH3 is 2. The van der Waals surface area contributed by atoms with Gasteiger partial charge in [0, 0.05) is 20.0 Å². The molecule has 1 aliphatic rings. The number of carbonyl (C=O) groups is 3. The van der Waals surface area contributed by atoms with Crippen LogP contribution in [0.5, 0.6) is 5.75 Å². The Morgan fingerprint density at radius 2 is 1.79 bits per heavy atom. The van der Waals surface area contributed by atoms with Crippen LogP contribution >= 0.6 is 0 Å². The highest BCUT2D eigenvalue weighted by molar-refractivity contribution is 6.15. The van der Waals surface area contributed by atoms with E-state index < -0.39 is 23.7 Å². The Labute approximate surface area is 138 Å². The highest BCUT2D eigenvalue weighted by atomic mass is 16.7. The minimum Gasteiger partial charge on any atom is -0.495 e. The van der Waals surface area contributed by atoms with Gasteiger partial charge in [-0.3, -0.25) is 0 Å². The molecule has 0 unspecified atom stereocenters. The predicted octanol–water partition coefficient (Wildman–Crippen LogP) is 1.61. The topological polar surface area (TPSA) is 100 Å². The Kier molecular flexibility index (Phi) is 4.77. The Morgan fingerprint density at radius 3 is 2.33 bits per heavy atom. The van der Waals surface area contributed by atoms with E-state index in [1.54, 1.807) is 6.07 Å². The summed E-state index contributed by atoms with van der Waals surface area (Å²) in [5.74, 6) is -3.08. The largest absolute Gasteiger partial charge is 0.495 e. The van der Waals surface area contributed by atoms with Crippen molar-refractivity contribution in [2.24, 2.45) is 0 Å². The highest BCUT2D eigenvalue weighted by Gasteiger charge is 2.38. The Hall–Kier alpha value is -3.03. The van der Waals surface area contributed by atoms with Crippen LogP contribution < -0.4 is 10.1 Å². The standard InChI is InChI=1S/C16H17NO7/c1-16(2)23-14(19)10(15(20)24-16)8-17-11-6-5-9(13(18)22-4)7-12(11)21-3/h5-8,17H,1-4H3. The summed E-state index contributed by atoms with van der Waals surface area (Å²) in [7, 11) is 2.69. The van der Waals surface area contributed by atoms with Crippen LogP contribution in [0.3, 0.4) is 0 Å². The Morgan fingerprint density at radius 1 is 1.17 bits per heavy atom. The first kappa shape index (κ1) is 17.3. The normalized spacial score (nSPS) is 15.9. The number of carbonyl (C=O) groups excluding carboxylic acids is 3. The fourth-order valence-corrected chi connectivity index (χ4v) is 1.98. The molecular weight excluding hydrogens is 318 g/mol. The molecule has 0 radical (unpaired) electrons. The Bertz CT molecular complexity index is 699. The molecule has 0 bridgehead atoms. The van der Waals surface area contributed by atoms with Crippen LogP contribution in [0.4, 0.5) is 5.69 Å². The zero-order chi connectivity index (χ0) is 17.9. The first-order valence-electron chi connectivity index (χ1n) is 6.97. The second-order valence-corrected chi connectivity index (χ2v) is 5.29. The van der Waals surface area contributed by atoms with E-state index in [2.05, 4.69) is 10.1 Å². The number of cyclic esters (lactones) is 2. The van der Waals surface area contributed by atoms with Gasteiger partial charge in [0.25, 0.3) is 5.79 Å². The third-order valence-electron chi connectivity index (χ3n) is 3.11. The molecule has 1 saturated heterocycles. The molecule has 0 spiro atoms. The van der Waals surface area contributed by atoms with Gasteiger partial charge in [0.2, 0.25) is 0 Å². The van der Waals surface area contributed by atoms with Crippen LogP contribution in [0.2, 0.25) is 0 Å². The summed E-state index contributed by atoms with van der Waals surface area (Å²) in [4.78, 5) is 35.2. The number of anilines is 1. The van der Waals surface area contributed by atoms with Crippen LogP contribution in [0.15, 0.2) is 30.0 Å². The summed E-state index contributed by atoms with van der Waals surface area (Å²) in [6.45, 7) is 2.92. The lowest BCUT2D eigenvalue weighted by Gasteiger charge is -2.29. The third-order valence-corrected chi connectivity index (χ3v) is 3.11. The van der Waals surface area contributed by atoms with Gasteiger partial charge in [-0.25, -0.2) is 14.4 Å². The van der Waals surface area contributed by atoms with Crippen LogP contribution in [0.25, 0.3) is 0 Å². The van der Waals surface area contributed by atoms with E-state index in [1.807, 2.05) is 0 Å². The van der Waals surface area contributed by atoms with Crippen molar-refractivity contribution in [3.8, 4) is 5.75 Å². The molecule has 1 fully saturated rings. The maximum Gasteiger partial charge on any atom is 0.350 e. The fourth-order valence-electron chi connectivity index (χ4n) is 1.98. The van der Waals surface area contributed by atoms with Gasteiger partial charge >= 0.3 is 17.9 Å². The highest BCUT2D eigenvalue weighted by Crippen LogP contribution is 2.27. The van der Waals surface area contributed by atoms with Crippen molar-refractivity contribution in [1.29, 1.82) is 0 Å². The van der Waals surface area contributed by atoms with Gasteiger partial charge in [-0.2, -0.15) is 0 Å². The van der Waals surface area contributed by atoms with E-state index in [0.717, 1.165) is 6.20 Å². The predicted molar refractivity (Wildman–Crippen MR) is 82.3 cm³/mol. The lowest BCUT2D eigenvalue weighted by Crippen LogP contribution is -2.42. The van der Waals surface area contributed by atoms with Crippen molar-refractivity contribution in [3.05, 3.63) is 35.5 Å². The molecular formula is C16H17NO7. The second-order valence-electron chi connectivity index (χ2n) is 5.29. The summed E-state index contributed by atoms with van der Waals surface area (Å²) < 4.78 is 19.8. The number of rotatable bonds is 4. The van der Waals surface area contributed by atoms with Gasteiger partial charge in [0.05, 0.1) is 25.5 Å². The van der Waals surface area contributed by atoms with Gasteiger partial charge < -0.3 is 24.3 Å². The molecule has 24 heavy (non-hydrogen) atoms. The molecule has 0 saturated carbocycles. The molecule has 0 amide bonds. The maximum absolute atomic E-state index is 11.9. The van der Waals surface area contributed by atoms with Crippen LogP contribution in [-0.4, -0.2) is 37.9 Å². The van der Waals surface area contributed by atoms with Crippen molar-refractivity contribution in [2.45, 2.75) is 19.6 Å². The number of nitrogens with one attached hydrogen (secondary N) is 1. The van der Waals surface area contributed by atoms with E-state index in [4.69, 9.17) is 14.2 Å². The Balaban J connectivity index is 2.23. The molecule has 128 valence electrons. The van der Waals surface area contributed by atoms with Gasteiger partial charge in [-0.05, 0) is 18.2 Å². The van der Waals surface area contributed by atoms with Crippen LogP contribution in [-0.2, 0) is 23.8 Å². The average molecular weight is 335 g/mol.